The first-order valence-corrected chi connectivity index (χ1v) is 21.6. The average Bonchev–Trinajstić information content (AvgIpc) is 3.96. The number of nitrogens with one attached hydrogen (secondary N) is 1. The number of hydrogen-bond acceptors (Lipinski definition) is 9. The highest BCUT2D eigenvalue weighted by molar-refractivity contribution is 6.32. The van der Waals surface area contributed by atoms with Crippen molar-refractivity contribution in [1.29, 1.82) is 0 Å². The number of fused-ring (bicyclic) bond motifs is 2. The number of halogens is 2. The molecule has 3 aliphatic rings. The summed E-state index contributed by atoms with van der Waals surface area (Å²) in [5.74, 6) is 1.35. The number of amides is 1. The molecule has 3 N–H and O–H groups in total. The lowest BCUT2D eigenvalue weighted by molar-refractivity contribution is -0.152. The summed E-state index contributed by atoms with van der Waals surface area (Å²) in [6.45, 7) is 7.24. The molecule has 0 aromatic heterocycles. The van der Waals surface area contributed by atoms with Gasteiger partial charge < -0.3 is 34.5 Å². The molecule has 7 rings (SSSR count). The molecule has 1 saturated heterocycles. The number of carbonyl (C=O) groups is 2. The highest BCUT2D eigenvalue weighted by atomic mass is 35.5. The van der Waals surface area contributed by atoms with Crippen molar-refractivity contribution in [3.05, 3.63) is 104 Å². The van der Waals surface area contributed by atoms with Gasteiger partial charge in [-0.25, -0.2) is 0 Å². The summed E-state index contributed by atoms with van der Waals surface area (Å²) in [7, 11) is 3.69. The van der Waals surface area contributed by atoms with Crippen LogP contribution in [0.25, 0.3) is 11.1 Å². The molecule has 4 aromatic carbocycles. The van der Waals surface area contributed by atoms with Crippen LogP contribution in [-0.2, 0) is 35.5 Å². The van der Waals surface area contributed by atoms with Crippen molar-refractivity contribution >= 4 is 35.1 Å². The van der Waals surface area contributed by atoms with Crippen molar-refractivity contribution < 1.29 is 38.7 Å². The van der Waals surface area contributed by atoms with Crippen LogP contribution in [0.4, 0.5) is 0 Å². The quantitative estimate of drug-likeness (QED) is 0.0895. The molecule has 11 nitrogen and oxygen atoms in total. The van der Waals surface area contributed by atoms with Crippen molar-refractivity contribution in [2.45, 2.75) is 96.2 Å². The fraction of sp³-hybridized carbons (Fsp3) is 0.447. The van der Waals surface area contributed by atoms with Gasteiger partial charge in [-0.2, -0.15) is 0 Å². The van der Waals surface area contributed by atoms with E-state index in [1.54, 1.807) is 24.1 Å². The summed E-state index contributed by atoms with van der Waals surface area (Å²) in [6.07, 6.45) is 4.29. The molecule has 2 aliphatic carbocycles. The minimum absolute atomic E-state index is 0.110. The molecule has 0 saturated carbocycles. The van der Waals surface area contributed by atoms with Crippen LogP contribution >= 0.6 is 23.2 Å². The summed E-state index contributed by atoms with van der Waals surface area (Å²) in [4.78, 5) is 27.5. The van der Waals surface area contributed by atoms with Gasteiger partial charge in [0.05, 0.1) is 29.9 Å². The van der Waals surface area contributed by atoms with Crippen LogP contribution < -0.4 is 24.3 Å². The Morgan fingerprint density at radius 2 is 1.30 bits per heavy atom. The maximum atomic E-state index is 12.0. The van der Waals surface area contributed by atoms with E-state index in [9.17, 15) is 19.8 Å². The summed E-state index contributed by atoms with van der Waals surface area (Å²) in [5, 5.41) is 23.7. The van der Waals surface area contributed by atoms with E-state index in [0.717, 1.165) is 61.1 Å². The Kier molecular flexibility index (Phi) is 13.5. The third-order valence-corrected chi connectivity index (χ3v) is 12.8. The number of carbonyl (C=O) groups excluding carboxylic acids is 1. The second-order valence-corrected chi connectivity index (χ2v) is 17.1. The summed E-state index contributed by atoms with van der Waals surface area (Å²) in [5.41, 5.74) is 7.33. The summed E-state index contributed by atoms with van der Waals surface area (Å²) < 4.78 is 25.5. The molecule has 4 aromatic rings. The minimum atomic E-state index is -1.48. The number of benzene rings is 4. The maximum Gasteiger partial charge on any atom is 0.326 e. The molecule has 0 bridgehead atoms. The lowest BCUT2D eigenvalue weighted by Crippen LogP contribution is -2.52. The Hall–Kier alpha value is -4.52. The number of aliphatic hydroxyl groups is 1. The van der Waals surface area contributed by atoms with E-state index in [0.29, 0.717) is 59.0 Å². The molecule has 60 heavy (non-hydrogen) atoms. The molecule has 4 atom stereocenters. The largest absolute Gasteiger partial charge is 0.493 e. The standard InChI is InChI=1S/C47H55Cl2N3O8/c1-6-57-41-22-43(37(48)20-28(41)24-51(4)26-30-14-19-45(54)50-30)59-39-17-15-33-31(10-8-12-35(33)39)32-11-9-13-36-34(32)16-18-40(36)60-44-23-42(58-7-2)29(21-38(44)49)25-52(5)47(3,27-53)46(55)56/h8-13,20-23,30,39-40,53H,6-7,14-19,24-27H2,1-5H3,(H,50,54)(H,55,56)/t30-,39-,40-,47-/m0/s1. The van der Waals surface area contributed by atoms with Gasteiger partial charge in [-0.3, -0.25) is 19.4 Å². The van der Waals surface area contributed by atoms with Crippen LogP contribution in [0.3, 0.4) is 0 Å². The zero-order valence-corrected chi connectivity index (χ0v) is 36.5. The van der Waals surface area contributed by atoms with Crippen molar-refractivity contribution in [2.24, 2.45) is 0 Å². The first-order chi connectivity index (χ1) is 28.8. The van der Waals surface area contributed by atoms with Crippen LogP contribution in [0.1, 0.15) is 92.0 Å². The van der Waals surface area contributed by atoms with Crippen LogP contribution in [0.15, 0.2) is 60.7 Å². The van der Waals surface area contributed by atoms with Gasteiger partial charge in [0.25, 0.3) is 0 Å². The van der Waals surface area contributed by atoms with Crippen LogP contribution in [0.2, 0.25) is 10.0 Å². The Balaban J connectivity index is 1.09. The molecular formula is C47H55Cl2N3O8. The van der Waals surface area contributed by atoms with Crippen molar-refractivity contribution in [3.8, 4) is 34.1 Å². The molecule has 13 heteroatoms. The number of nitrogens with zero attached hydrogens (tertiary/aromatic N) is 2. The van der Waals surface area contributed by atoms with Gasteiger partial charge >= 0.3 is 5.97 Å². The fourth-order valence-electron chi connectivity index (χ4n) is 8.78. The molecule has 1 aliphatic heterocycles. The molecule has 1 heterocycles. The second kappa shape index (κ2) is 18.6. The van der Waals surface area contributed by atoms with E-state index in [-0.39, 0.29) is 30.7 Å². The molecule has 0 spiro atoms. The average molecular weight is 861 g/mol. The number of ether oxygens (including phenoxy) is 4. The molecule has 1 fully saturated rings. The third-order valence-electron chi connectivity index (χ3n) is 12.2. The summed E-state index contributed by atoms with van der Waals surface area (Å²) >= 11 is 13.8. The topological polar surface area (TPSA) is 130 Å². The Morgan fingerprint density at radius 3 is 1.75 bits per heavy atom. The molecule has 1 amide bonds. The Morgan fingerprint density at radius 1 is 0.783 bits per heavy atom. The zero-order chi connectivity index (χ0) is 42.7. The van der Waals surface area contributed by atoms with Gasteiger partial charge in [0, 0.05) is 55.4 Å². The second-order valence-electron chi connectivity index (χ2n) is 16.3. The number of hydrogen-bond donors (Lipinski definition) is 3. The van der Waals surface area contributed by atoms with E-state index in [1.165, 1.54) is 29.2 Å². The number of aliphatic hydroxyl groups excluding tert-OH is 1. The lowest BCUT2D eigenvalue weighted by Gasteiger charge is -2.33. The predicted molar refractivity (Wildman–Crippen MR) is 233 cm³/mol. The molecule has 0 unspecified atom stereocenters. The zero-order valence-electron chi connectivity index (χ0n) is 35.0. The van der Waals surface area contributed by atoms with Crippen LogP contribution in [0.5, 0.6) is 23.0 Å². The van der Waals surface area contributed by atoms with Crippen molar-refractivity contribution in [1.82, 2.24) is 15.1 Å². The monoisotopic (exact) mass is 859 g/mol. The number of rotatable bonds is 18. The van der Waals surface area contributed by atoms with Gasteiger partial charge in [-0.05, 0) is 112 Å². The normalized spacial score (nSPS) is 19.2. The van der Waals surface area contributed by atoms with Crippen molar-refractivity contribution in [2.75, 3.05) is 40.5 Å². The Bertz CT molecular complexity index is 2240. The molecule has 320 valence electrons. The van der Waals surface area contributed by atoms with E-state index in [4.69, 9.17) is 42.1 Å². The SMILES string of the molecule is CCOc1cc(O[C@H]2CCc3c(-c4cccc5c4CC[C@@H]5Oc4cc(OCC)c(CN(C)[C@@](C)(CO)C(=O)O)cc4Cl)cccc32)c(Cl)cc1CN(C)C[C@@H]1CCC(=O)N1. The van der Waals surface area contributed by atoms with Gasteiger partial charge in [-0.15, -0.1) is 0 Å². The molecular weight excluding hydrogens is 805 g/mol. The van der Waals surface area contributed by atoms with E-state index >= 15 is 0 Å². The smallest absolute Gasteiger partial charge is 0.326 e. The van der Waals surface area contributed by atoms with Crippen LogP contribution in [0, 0.1) is 0 Å². The van der Waals surface area contributed by atoms with Gasteiger partial charge in [0.1, 0.15) is 40.7 Å². The van der Waals surface area contributed by atoms with E-state index in [2.05, 4.69) is 46.6 Å². The summed E-state index contributed by atoms with van der Waals surface area (Å²) in [6, 6.07) is 20.4. The lowest BCUT2D eigenvalue weighted by atomic mass is 9.91. The van der Waals surface area contributed by atoms with E-state index < -0.39 is 18.1 Å². The first-order valence-electron chi connectivity index (χ1n) is 20.8. The number of carboxylic acids is 1. The van der Waals surface area contributed by atoms with Crippen molar-refractivity contribution in [3.63, 3.8) is 0 Å². The number of carboxylic acid groups (broad SMARTS) is 1. The van der Waals surface area contributed by atoms with Gasteiger partial charge in [0.2, 0.25) is 5.91 Å². The minimum Gasteiger partial charge on any atom is -0.493 e. The predicted octanol–water partition coefficient (Wildman–Crippen LogP) is 8.57. The highest BCUT2D eigenvalue weighted by Crippen LogP contribution is 2.47. The fourth-order valence-corrected chi connectivity index (χ4v) is 9.24. The first kappa shape index (κ1) is 43.6. The number of likely N-dealkylation sites (N-methyl/N-ethyl adjacent to an activating group) is 2. The van der Waals surface area contributed by atoms with Gasteiger partial charge in [0.15, 0.2) is 0 Å². The van der Waals surface area contributed by atoms with Crippen LogP contribution in [-0.4, -0.2) is 83.9 Å². The Labute approximate surface area is 362 Å². The number of aliphatic carboxylic acids is 1. The maximum absolute atomic E-state index is 12.0. The molecule has 0 radical (unpaired) electrons. The third kappa shape index (κ3) is 9.06. The highest BCUT2D eigenvalue weighted by Gasteiger charge is 2.38. The van der Waals surface area contributed by atoms with Gasteiger partial charge in [-0.1, -0.05) is 59.6 Å². The van der Waals surface area contributed by atoms with E-state index in [1.807, 2.05) is 33.0 Å².